The first kappa shape index (κ1) is 18.6. The number of carboxylic acid groups (broad SMARTS) is 2. The highest BCUT2D eigenvalue weighted by Gasteiger charge is 2.14. The van der Waals surface area contributed by atoms with Crippen LogP contribution in [0.15, 0.2) is 70.2 Å². The van der Waals surface area contributed by atoms with Gasteiger partial charge in [-0.3, -0.25) is 4.79 Å². The molecule has 2 aromatic carbocycles. The molecule has 0 aliphatic carbocycles. The summed E-state index contributed by atoms with van der Waals surface area (Å²) in [5.74, 6) is -2.33. The lowest BCUT2D eigenvalue weighted by Gasteiger charge is -2.03. The summed E-state index contributed by atoms with van der Waals surface area (Å²) in [6, 6.07) is 15.3. The molecule has 0 bridgehead atoms. The Labute approximate surface area is 158 Å². The summed E-state index contributed by atoms with van der Waals surface area (Å²) in [6.45, 7) is 0. The van der Waals surface area contributed by atoms with E-state index in [1.165, 1.54) is 18.3 Å². The maximum atomic E-state index is 11.9. The molecule has 1 aromatic heterocycles. The van der Waals surface area contributed by atoms with E-state index in [4.69, 9.17) is 14.6 Å². The monoisotopic (exact) mass is 378 g/mol. The van der Waals surface area contributed by atoms with E-state index in [9.17, 15) is 14.4 Å². The van der Waals surface area contributed by atoms with Crippen molar-refractivity contribution in [2.24, 2.45) is 5.10 Å². The lowest BCUT2D eigenvalue weighted by Crippen LogP contribution is -2.17. The quantitative estimate of drug-likeness (QED) is 0.446. The van der Waals surface area contributed by atoms with Crippen LogP contribution in [0, 0.1) is 0 Å². The van der Waals surface area contributed by atoms with Crippen LogP contribution in [-0.2, 0) is 0 Å². The predicted molar refractivity (Wildman–Crippen MR) is 99.6 cm³/mol. The lowest BCUT2D eigenvalue weighted by atomic mass is 10.0. The number of nitrogens with zero attached hydrogens (tertiary/aromatic N) is 1. The standard InChI is InChI=1S/C20H14N2O6/c23-18(12-4-2-1-3-5-12)22-21-11-16-6-7-17(28-16)13-8-14(19(24)25)10-15(9-13)20(26)27/h1-11H,(H,22,23)(H,24,25)(H,26,27)/b21-11-. The fourth-order valence-corrected chi connectivity index (χ4v) is 2.40. The van der Waals surface area contributed by atoms with Gasteiger partial charge in [0.2, 0.25) is 0 Å². The second-order valence-corrected chi connectivity index (χ2v) is 5.68. The Morgan fingerprint density at radius 2 is 1.50 bits per heavy atom. The number of carboxylic acids is 2. The van der Waals surface area contributed by atoms with Crippen molar-refractivity contribution in [3.05, 3.63) is 83.1 Å². The zero-order valence-electron chi connectivity index (χ0n) is 14.3. The first-order chi connectivity index (χ1) is 13.4. The van der Waals surface area contributed by atoms with Gasteiger partial charge in [0.05, 0.1) is 17.3 Å². The summed E-state index contributed by atoms with van der Waals surface area (Å²) in [4.78, 5) is 34.3. The van der Waals surface area contributed by atoms with Crippen LogP contribution in [0.4, 0.5) is 0 Å². The van der Waals surface area contributed by atoms with E-state index in [-0.39, 0.29) is 22.8 Å². The van der Waals surface area contributed by atoms with Crippen LogP contribution in [0.2, 0.25) is 0 Å². The van der Waals surface area contributed by atoms with Crippen molar-refractivity contribution in [1.82, 2.24) is 5.43 Å². The Hall–Kier alpha value is -4.20. The van der Waals surface area contributed by atoms with Gasteiger partial charge in [0.1, 0.15) is 11.5 Å². The SMILES string of the molecule is O=C(O)c1cc(C(=O)O)cc(-c2ccc(/C=N\NC(=O)c3ccccc3)o2)c1. The number of hydrazone groups is 1. The highest BCUT2D eigenvalue weighted by molar-refractivity contribution is 5.96. The average molecular weight is 378 g/mol. The number of hydrogen-bond acceptors (Lipinski definition) is 5. The van der Waals surface area contributed by atoms with Crippen molar-refractivity contribution < 1.29 is 29.0 Å². The molecule has 3 rings (SSSR count). The third kappa shape index (κ3) is 4.31. The molecule has 0 aliphatic heterocycles. The van der Waals surface area contributed by atoms with Crippen molar-refractivity contribution >= 4 is 24.1 Å². The smallest absolute Gasteiger partial charge is 0.335 e. The van der Waals surface area contributed by atoms with E-state index < -0.39 is 11.9 Å². The van der Waals surface area contributed by atoms with Gasteiger partial charge in [-0.15, -0.1) is 0 Å². The minimum Gasteiger partial charge on any atom is -0.478 e. The minimum atomic E-state index is -1.25. The highest BCUT2D eigenvalue weighted by atomic mass is 16.4. The minimum absolute atomic E-state index is 0.170. The number of carbonyl (C=O) groups is 3. The topological polar surface area (TPSA) is 129 Å². The Balaban J connectivity index is 1.78. The third-order valence-corrected chi connectivity index (χ3v) is 3.73. The van der Waals surface area contributed by atoms with Gasteiger partial charge in [-0.2, -0.15) is 5.10 Å². The van der Waals surface area contributed by atoms with Crippen molar-refractivity contribution in [2.75, 3.05) is 0 Å². The number of furan rings is 1. The van der Waals surface area contributed by atoms with Gasteiger partial charge >= 0.3 is 11.9 Å². The molecule has 0 atom stereocenters. The Morgan fingerprint density at radius 1 is 0.857 bits per heavy atom. The summed E-state index contributed by atoms with van der Waals surface area (Å²) >= 11 is 0. The predicted octanol–water partition coefficient (Wildman–Crippen LogP) is 3.11. The van der Waals surface area contributed by atoms with Crippen LogP contribution in [0.5, 0.6) is 0 Å². The molecule has 0 unspecified atom stereocenters. The normalized spacial score (nSPS) is 10.7. The summed E-state index contributed by atoms with van der Waals surface area (Å²) in [5.41, 5.74) is 2.77. The third-order valence-electron chi connectivity index (χ3n) is 3.73. The van der Waals surface area contributed by atoms with Crippen LogP contribution < -0.4 is 5.43 Å². The molecule has 0 aliphatic rings. The molecule has 1 amide bonds. The van der Waals surface area contributed by atoms with E-state index in [0.717, 1.165) is 6.07 Å². The van der Waals surface area contributed by atoms with E-state index >= 15 is 0 Å². The number of nitrogens with one attached hydrogen (secondary N) is 1. The maximum Gasteiger partial charge on any atom is 0.335 e. The second kappa shape index (κ2) is 8.00. The van der Waals surface area contributed by atoms with Gasteiger partial charge in [-0.25, -0.2) is 15.0 Å². The van der Waals surface area contributed by atoms with Gasteiger partial charge in [0, 0.05) is 11.1 Å². The van der Waals surface area contributed by atoms with E-state index in [2.05, 4.69) is 10.5 Å². The number of hydrogen-bond donors (Lipinski definition) is 3. The molecule has 8 nitrogen and oxygen atoms in total. The van der Waals surface area contributed by atoms with Gasteiger partial charge in [-0.1, -0.05) is 18.2 Å². The Morgan fingerprint density at radius 3 is 2.11 bits per heavy atom. The number of rotatable bonds is 6. The van der Waals surface area contributed by atoms with Crippen LogP contribution in [0.1, 0.15) is 36.8 Å². The molecule has 0 saturated carbocycles. The summed E-state index contributed by atoms with van der Waals surface area (Å²) < 4.78 is 5.54. The summed E-state index contributed by atoms with van der Waals surface area (Å²) in [6.07, 6.45) is 1.28. The lowest BCUT2D eigenvalue weighted by molar-refractivity contribution is 0.0696. The maximum absolute atomic E-state index is 11.9. The average Bonchev–Trinajstić information content (AvgIpc) is 3.17. The second-order valence-electron chi connectivity index (χ2n) is 5.68. The van der Waals surface area contributed by atoms with Gasteiger partial charge < -0.3 is 14.6 Å². The molecule has 8 heteroatoms. The van der Waals surface area contributed by atoms with Crippen molar-refractivity contribution in [2.45, 2.75) is 0 Å². The zero-order chi connectivity index (χ0) is 20.1. The summed E-state index contributed by atoms with van der Waals surface area (Å²) in [5, 5.41) is 22.1. The molecular formula is C20H14N2O6. The van der Waals surface area contributed by atoms with Gasteiger partial charge in [0.15, 0.2) is 0 Å². The first-order valence-electron chi connectivity index (χ1n) is 8.04. The molecule has 0 fully saturated rings. The molecule has 3 aromatic rings. The fraction of sp³-hybridized carbons (Fsp3) is 0. The molecule has 3 N–H and O–H groups in total. The molecule has 28 heavy (non-hydrogen) atoms. The molecule has 1 heterocycles. The van der Waals surface area contributed by atoms with Crippen molar-refractivity contribution in [3.63, 3.8) is 0 Å². The molecular weight excluding hydrogens is 364 g/mol. The van der Waals surface area contributed by atoms with Gasteiger partial charge in [-0.05, 0) is 42.5 Å². The van der Waals surface area contributed by atoms with E-state index in [0.29, 0.717) is 16.9 Å². The van der Waals surface area contributed by atoms with Crippen LogP contribution in [-0.4, -0.2) is 34.3 Å². The largest absolute Gasteiger partial charge is 0.478 e. The fourth-order valence-electron chi connectivity index (χ4n) is 2.40. The van der Waals surface area contributed by atoms with Crippen LogP contribution >= 0.6 is 0 Å². The van der Waals surface area contributed by atoms with Gasteiger partial charge in [0.25, 0.3) is 5.91 Å². The zero-order valence-corrected chi connectivity index (χ0v) is 14.3. The van der Waals surface area contributed by atoms with E-state index in [1.54, 1.807) is 42.5 Å². The number of benzene rings is 2. The van der Waals surface area contributed by atoms with Crippen LogP contribution in [0.25, 0.3) is 11.3 Å². The number of amides is 1. The Kier molecular flexibility index (Phi) is 5.31. The number of carbonyl (C=O) groups excluding carboxylic acids is 1. The summed E-state index contributed by atoms with van der Waals surface area (Å²) in [7, 11) is 0. The van der Waals surface area contributed by atoms with Crippen molar-refractivity contribution in [1.29, 1.82) is 0 Å². The van der Waals surface area contributed by atoms with Crippen molar-refractivity contribution in [3.8, 4) is 11.3 Å². The molecule has 140 valence electrons. The highest BCUT2D eigenvalue weighted by Crippen LogP contribution is 2.24. The Bertz CT molecular complexity index is 1040. The van der Waals surface area contributed by atoms with Crippen LogP contribution in [0.3, 0.4) is 0 Å². The first-order valence-corrected chi connectivity index (χ1v) is 8.04. The molecule has 0 saturated heterocycles. The van der Waals surface area contributed by atoms with E-state index in [1.807, 2.05) is 0 Å². The molecule has 0 radical (unpaired) electrons. The molecule has 0 spiro atoms. The number of aromatic carboxylic acids is 2.